The molecule has 0 atom stereocenters. The Morgan fingerprint density at radius 2 is 1.33 bits per heavy atom. The van der Waals surface area contributed by atoms with E-state index in [0.29, 0.717) is 13.1 Å². The second-order valence-electron chi connectivity index (χ2n) is 8.94. The van der Waals surface area contributed by atoms with Crippen molar-refractivity contribution >= 4 is 11.8 Å². The number of carbonyl (C=O) groups excluding carboxylic acids is 2. The second kappa shape index (κ2) is 9.90. The van der Waals surface area contributed by atoms with Crippen LogP contribution in [0, 0.1) is 0 Å². The van der Waals surface area contributed by atoms with Crippen molar-refractivity contribution in [1.82, 2.24) is 15.1 Å². The zero-order valence-electron chi connectivity index (χ0n) is 18.3. The van der Waals surface area contributed by atoms with Crippen LogP contribution in [0.2, 0.25) is 0 Å². The van der Waals surface area contributed by atoms with E-state index in [-0.39, 0.29) is 36.2 Å². The highest BCUT2D eigenvalue weighted by Crippen LogP contribution is 2.29. The van der Waals surface area contributed by atoms with Crippen LogP contribution in [-0.4, -0.2) is 53.3 Å². The number of hydrogen-bond acceptors (Lipinski definition) is 3. The van der Waals surface area contributed by atoms with Gasteiger partial charge in [-0.3, -0.25) is 14.5 Å². The van der Waals surface area contributed by atoms with E-state index in [9.17, 15) is 9.59 Å². The molecule has 30 heavy (non-hydrogen) atoms. The Hall–Kier alpha value is -2.66. The van der Waals surface area contributed by atoms with Gasteiger partial charge in [0.1, 0.15) is 0 Å². The fourth-order valence-electron chi connectivity index (χ4n) is 3.97. The summed E-state index contributed by atoms with van der Waals surface area (Å²) >= 11 is 0. The number of nitrogens with zero attached hydrogens (tertiary/aromatic N) is 2. The van der Waals surface area contributed by atoms with Gasteiger partial charge in [0.2, 0.25) is 11.8 Å². The fraction of sp³-hybridized carbons (Fsp3) is 0.440. The number of rotatable bonds is 6. The maximum Gasteiger partial charge on any atom is 0.223 e. The third kappa shape index (κ3) is 6.17. The first-order valence-electron chi connectivity index (χ1n) is 10.8. The zero-order chi connectivity index (χ0) is 21.6. The van der Waals surface area contributed by atoms with Gasteiger partial charge in [0.25, 0.3) is 0 Å². The highest BCUT2D eigenvalue weighted by atomic mass is 16.2. The van der Waals surface area contributed by atoms with E-state index in [1.54, 1.807) is 0 Å². The third-order valence-corrected chi connectivity index (χ3v) is 5.34. The van der Waals surface area contributed by atoms with Crippen molar-refractivity contribution < 1.29 is 9.59 Å². The average Bonchev–Trinajstić information content (AvgIpc) is 2.73. The predicted octanol–water partition coefficient (Wildman–Crippen LogP) is 3.62. The molecule has 0 unspecified atom stereocenters. The molecule has 160 valence electrons. The molecule has 2 amide bonds. The van der Waals surface area contributed by atoms with Crippen LogP contribution in [0.3, 0.4) is 0 Å². The fourth-order valence-corrected chi connectivity index (χ4v) is 3.97. The largest absolute Gasteiger partial charge is 0.351 e. The number of benzene rings is 2. The Morgan fingerprint density at radius 3 is 1.80 bits per heavy atom. The van der Waals surface area contributed by atoms with E-state index >= 15 is 0 Å². The highest BCUT2D eigenvalue weighted by Gasteiger charge is 2.28. The van der Waals surface area contributed by atoms with Crippen molar-refractivity contribution in [2.24, 2.45) is 0 Å². The molecule has 0 saturated carbocycles. The minimum atomic E-state index is -0.268. The first kappa shape index (κ1) is 22.0. The number of amides is 2. The summed E-state index contributed by atoms with van der Waals surface area (Å²) in [6.45, 7) is 8.85. The lowest BCUT2D eigenvalue weighted by Crippen LogP contribution is -2.50. The highest BCUT2D eigenvalue weighted by molar-refractivity contribution is 5.84. The van der Waals surface area contributed by atoms with Gasteiger partial charge in [-0.25, -0.2) is 0 Å². The Labute approximate surface area is 180 Å². The number of nitrogens with one attached hydrogen (secondary N) is 1. The lowest BCUT2D eigenvalue weighted by molar-refractivity contribution is -0.135. The standard InChI is InChI=1S/C25H33N3O2/c1-25(2,3)26-22(29)14-15-23(30)27-16-18-28(19-17-27)24(20-10-6-4-7-11-20)21-12-8-5-9-13-21/h4-13,24H,14-19H2,1-3H3,(H,26,29). The molecule has 1 heterocycles. The molecule has 1 saturated heterocycles. The van der Waals surface area contributed by atoms with E-state index in [2.05, 4.69) is 58.7 Å². The van der Waals surface area contributed by atoms with Crippen LogP contribution in [0.15, 0.2) is 60.7 Å². The van der Waals surface area contributed by atoms with Gasteiger partial charge in [0, 0.05) is 44.6 Å². The molecule has 0 bridgehead atoms. The van der Waals surface area contributed by atoms with E-state index in [4.69, 9.17) is 0 Å². The number of hydrogen-bond donors (Lipinski definition) is 1. The van der Waals surface area contributed by atoms with Crippen LogP contribution in [0.1, 0.15) is 50.8 Å². The first-order valence-corrected chi connectivity index (χ1v) is 10.8. The van der Waals surface area contributed by atoms with Crippen LogP contribution in [0.5, 0.6) is 0 Å². The molecule has 0 aliphatic carbocycles. The summed E-state index contributed by atoms with van der Waals surface area (Å²) in [5, 5.41) is 2.92. The monoisotopic (exact) mass is 407 g/mol. The first-order chi connectivity index (χ1) is 14.3. The molecule has 0 aromatic heterocycles. The van der Waals surface area contributed by atoms with Crippen molar-refractivity contribution in [3.8, 4) is 0 Å². The normalized spacial score (nSPS) is 15.3. The number of piperazine rings is 1. The quantitative estimate of drug-likeness (QED) is 0.796. The van der Waals surface area contributed by atoms with E-state index in [0.717, 1.165) is 13.1 Å². The molecular weight excluding hydrogens is 374 g/mol. The van der Waals surface area contributed by atoms with E-state index in [1.807, 2.05) is 37.8 Å². The van der Waals surface area contributed by atoms with Crippen LogP contribution in [-0.2, 0) is 9.59 Å². The topological polar surface area (TPSA) is 52.7 Å². The average molecular weight is 408 g/mol. The van der Waals surface area contributed by atoms with Crippen molar-refractivity contribution in [2.75, 3.05) is 26.2 Å². The van der Waals surface area contributed by atoms with Crippen LogP contribution < -0.4 is 5.32 Å². The van der Waals surface area contributed by atoms with Gasteiger partial charge < -0.3 is 10.2 Å². The molecule has 1 fully saturated rings. The molecule has 5 heteroatoms. The Bertz CT molecular complexity index is 783. The van der Waals surface area contributed by atoms with Crippen LogP contribution in [0.25, 0.3) is 0 Å². The predicted molar refractivity (Wildman–Crippen MR) is 120 cm³/mol. The molecule has 0 spiro atoms. The maximum absolute atomic E-state index is 12.6. The van der Waals surface area contributed by atoms with E-state index in [1.165, 1.54) is 11.1 Å². The van der Waals surface area contributed by atoms with Crippen molar-refractivity contribution in [1.29, 1.82) is 0 Å². The molecule has 3 rings (SSSR count). The summed E-state index contributed by atoms with van der Waals surface area (Å²) in [6, 6.07) is 21.2. The van der Waals surface area contributed by atoms with Gasteiger partial charge in [-0.1, -0.05) is 60.7 Å². The Kier molecular flexibility index (Phi) is 7.27. The molecular formula is C25H33N3O2. The number of carbonyl (C=O) groups is 2. The van der Waals surface area contributed by atoms with Crippen molar-refractivity contribution in [2.45, 2.75) is 45.2 Å². The lowest BCUT2D eigenvalue weighted by Gasteiger charge is -2.40. The molecule has 1 aliphatic rings. The SMILES string of the molecule is CC(C)(C)NC(=O)CCC(=O)N1CCN(C(c2ccccc2)c2ccccc2)CC1. The molecule has 1 N–H and O–H groups in total. The minimum Gasteiger partial charge on any atom is -0.351 e. The molecule has 0 radical (unpaired) electrons. The van der Waals surface area contributed by atoms with Gasteiger partial charge in [-0.05, 0) is 31.9 Å². The molecule has 2 aromatic carbocycles. The van der Waals surface area contributed by atoms with Crippen molar-refractivity contribution in [3.05, 3.63) is 71.8 Å². The summed E-state index contributed by atoms with van der Waals surface area (Å²) in [6.07, 6.45) is 0.510. The van der Waals surface area contributed by atoms with Gasteiger partial charge >= 0.3 is 0 Å². The van der Waals surface area contributed by atoms with Crippen LogP contribution >= 0.6 is 0 Å². The molecule has 5 nitrogen and oxygen atoms in total. The Morgan fingerprint density at radius 1 is 0.833 bits per heavy atom. The minimum absolute atomic E-state index is 0.0645. The summed E-state index contributed by atoms with van der Waals surface area (Å²) < 4.78 is 0. The van der Waals surface area contributed by atoms with Gasteiger partial charge in [0.05, 0.1) is 6.04 Å². The summed E-state index contributed by atoms with van der Waals surface area (Å²) in [4.78, 5) is 29.0. The van der Waals surface area contributed by atoms with Gasteiger partial charge in [-0.15, -0.1) is 0 Å². The van der Waals surface area contributed by atoms with Crippen molar-refractivity contribution in [3.63, 3.8) is 0 Å². The van der Waals surface area contributed by atoms with E-state index < -0.39 is 0 Å². The van der Waals surface area contributed by atoms with Gasteiger partial charge in [0.15, 0.2) is 0 Å². The summed E-state index contributed by atoms with van der Waals surface area (Å²) in [5.41, 5.74) is 2.26. The second-order valence-corrected chi connectivity index (χ2v) is 8.94. The Balaban J connectivity index is 1.59. The molecule has 1 aliphatic heterocycles. The smallest absolute Gasteiger partial charge is 0.223 e. The maximum atomic E-state index is 12.6. The third-order valence-electron chi connectivity index (χ3n) is 5.34. The molecule has 2 aromatic rings. The summed E-state index contributed by atoms with van der Waals surface area (Å²) in [5.74, 6) is -0.00242. The van der Waals surface area contributed by atoms with Gasteiger partial charge in [-0.2, -0.15) is 0 Å². The van der Waals surface area contributed by atoms with Crippen LogP contribution in [0.4, 0.5) is 0 Å². The zero-order valence-corrected chi connectivity index (χ0v) is 18.3. The summed E-state index contributed by atoms with van der Waals surface area (Å²) in [7, 11) is 0. The lowest BCUT2D eigenvalue weighted by atomic mass is 9.96.